The Hall–Kier alpha value is -1.18. The minimum absolute atomic E-state index is 0.164. The highest BCUT2D eigenvalue weighted by molar-refractivity contribution is 7.89. The van der Waals surface area contributed by atoms with Crippen LogP contribution in [0.3, 0.4) is 0 Å². The lowest BCUT2D eigenvalue weighted by Crippen LogP contribution is -2.32. The van der Waals surface area contributed by atoms with Gasteiger partial charge in [-0.3, -0.25) is 4.98 Å². The standard InChI is InChI=1S/C13H23N3O3S/c1-4-7-15-12-6-8-14-10-13(12)20(17,18)16-9-11(3)19-5-2/h6,8,10-11,16H,4-5,7,9H2,1-3H3,(H,14,15). The van der Waals surface area contributed by atoms with Crippen molar-refractivity contribution in [3.05, 3.63) is 18.5 Å². The molecule has 0 saturated carbocycles. The fourth-order valence-corrected chi connectivity index (χ4v) is 2.89. The lowest BCUT2D eigenvalue weighted by molar-refractivity contribution is 0.0799. The Morgan fingerprint density at radius 2 is 2.15 bits per heavy atom. The molecule has 6 nitrogen and oxygen atoms in total. The molecule has 0 fully saturated rings. The summed E-state index contributed by atoms with van der Waals surface area (Å²) in [5.41, 5.74) is 0.568. The Balaban J connectivity index is 2.81. The summed E-state index contributed by atoms with van der Waals surface area (Å²) >= 11 is 0. The van der Waals surface area contributed by atoms with Gasteiger partial charge in [0.05, 0.1) is 11.8 Å². The zero-order chi connectivity index (χ0) is 15.0. The Kier molecular flexibility index (Phi) is 6.90. The Labute approximate surface area is 121 Å². The second kappa shape index (κ2) is 8.18. The van der Waals surface area contributed by atoms with Crippen LogP contribution in [0.2, 0.25) is 0 Å². The molecule has 1 aromatic heterocycles. The molecule has 0 amide bonds. The number of hydrogen-bond acceptors (Lipinski definition) is 5. The Bertz CT molecular complexity index is 505. The third-order valence-electron chi connectivity index (χ3n) is 2.65. The Morgan fingerprint density at radius 1 is 1.40 bits per heavy atom. The fraction of sp³-hybridized carbons (Fsp3) is 0.615. The lowest BCUT2D eigenvalue weighted by Gasteiger charge is -2.15. The molecule has 0 aromatic carbocycles. The first kappa shape index (κ1) is 16.9. The normalized spacial score (nSPS) is 13.2. The van der Waals surface area contributed by atoms with E-state index in [-0.39, 0.29) is 17.5 Å². The van der Waals surface area contributed by atoms with Crippen LogP contribution < -0.4 is 10.0 Å². The van der Waals surface area contributed by atoms with E-state index in [9.17, 15) is 8.42 Å². The largest absolute Gasteiger partial charge is 0.384 e. The summed E-state index contributed by atoms with van der Waals surface area (Å²) in [5.74, 6) is 0. The van der Waals surface area contributed by atoms with Crippen molar-refractivity contribution in [1.82, 2.24) is 9.71 Å². The van der Waals surface area contributed by atoms with Crippen LogP contribution in [0.25, 0.3) is 0 Å². The van der Waals surface area contributed by atoms with Crippen LogP contribution in [0.5, 0.6) is 0 Å². The van der Waals surface area contributed by atoms with Gasteiger partial charge in [0.1, 0.15) is 4.90 Å². The van der Waals surface area contributed by atoms with Gasteiger partial charge in [0, 0.05) is 32.1 Å². The van der Waals surface area contributed by atoms with Gasteiger partial charge >= 0.3 is 0 Å². The summed E-state index contributed by atoms with van der Waals surface area (Å²) in [6.07, 6.45) is 3.67. The van der Waals surface area contributed by atoms with Crippen LogP contribution >= 0.6 is 0 Å². The van der Waals surface area contributed by atoms with Crippen LogP contribution in [0.15, 0.2) is 23.4 Å². The number of rotatable bonds is 9. The highest BCUT2D eigenvalue weighted by Crippen LogP contribution is 2.19. The number of pyridine rings is 1. The molecule has 1 atom stereocenters. The zero-order valence-corrected chi connectivity index (χ0v) is 13.0. The number of nitrogens with zero attached hydrogens (tertiary/aromatic N) is 1. The molecule has 0 bridgehead atoms. The second-order valence-electron chi connectivity index (χ2n) is 4.42. The molecule has 0 aliphatic heterocycles. The smallest absolute Gasteiger partial charge is 0.244 e. The second-order valence-corrected chi connectivity index (χ2v) is 6.15. The van der Waals surface area contributed by atoms with Gasteiger partial charge in [-0.05, 0) is 26.3 Å². The van der Waals surface area contributed by atoms with E-state index < -0.39 is 10.0 Å². The minimum atomic E-state index is -3.59. The summed E-state index contributed by atoms with van der Waals surface area (Å²) in [6.45, 7) is 7.22. The quantitative estimate of drug-likeness (QED) is 0.724. The number of aromatic nitrogens is 1. The van der Waals surface area contributed by atoms with Crippen molar-refractivity contribution in [2.24, 2.45) is 0 Å². The van der Waals surface area contributed by atoms with Crippen molar-refractivity contribution in [3.8, 4) is 0 Å². The first-order chi connectivity index (χ1) is 9.51. The van der Waals surface area contributed by atoms with E-state index in [1.807, 2.05) is 20.8 Å². The van der Waals surface area contributed by atoms with E-state index in [1.54, 1.807) is 12.3 Å². The van der Waals surface area contributed by atoms with Crippen LogP contribution in [0.1, 0.15) is 27.2 Å². The topological polar surface area (TPSA) is 80.3 Å². The van der Waals surface area contributed by atoms with Crippen molar-refractivity contribution < 1.29 is 13.2 Å². The summed E-state index contributed by atoms with van der Waals surface area (Å²) in [5, 5.41) is 3.09. The van der Waals surface area contributed by atoms with E-state index in [0.29, 0.717) is 18.8 Å². The van der Waals surface area contributed by atoms with Crippen LogP contribution in [0.4, 0.5) is 5.69 Å². The molecule has 20 heavy (non-hydrogen) atoms. The van der Waals surface area contributed by atoms with Gasteiger partial charge in [-0.1, -0.05) is 6.92 Å². The van der Waals surface area contributed by atoms with E-state index in [2.05, 4.69) is 15.0 Å². The van der Waals surface area contributed by atoms with Crippen LogP contribution in [-0.4, -0.2) is 39.2 Å². The number of nitrogens with one attached hydrogen (secondary N) is 2. The first-order valence-corrected chi connectivity index (χ1v) is 8.28. The molecule has 0 saturated heterocycles. The van der Waals surface area contributed by atoms with Gasteiger partial charge in [0.15, 0.2) is 0 Å². The zero-order valence-electron chi connectivity index (χ0n) is 12.2. The van der Waals surface area contributed by atoms with Gasteiger partial charge in [-0.15, -0.1) is 0 Å². The molecule has 0 aliphatic rings. The molecule has 0 spiro atoms. The number of hydrogen-bond donors (Lipinski definition) is 2. The minimum Gasteiger partial charge on any atom is -0.384 e. The lowest BCUT2D eigenvalue weighted by atomic mass is 10.4. The van der Waals surface area contributed by atoms with Crippen molar-refractivity contribution >= 4 is 15.7 Å². The molecule has 1 unspecified atom stereocenters. The summed E-state index contributed by atoms with van der Waals surface area (Å²) in [4.78, 5) is 4.06. The third kappa shape index (κ3) is 5.07. The van der Waals surface area contributed by atoms with Crippen molar-refractivity contribution in [2.75, 3.05) is 25.0 Å². The van der Waals surface area contributed by atoms with Gasteiger partial charge in [0.25, 0.3) is 0 Å². The van der Waals surface area contributed by atoms with Crippen molar-refractivity contribution in [2.45, 2.75) is 38.2 Å². The predicted octanol–water partition coefficient (Wildman–Crippen LogP) is 1.61. The van der Waals surface area contributed by atoms with Crippen molar-refractivity contribution in [3.63, 3.8) is 0 Å². The molecule has 1 heterocycles. The van der Waals surface area contributed by atoms with E-state index in [1.165, 1.54) is 6.20 Å². The maximum atomic E-state index is 12.3. The molecule has 114 valence electrons. The predicted molar refractivity (Wildman–Crippen MR) is 79.3 cm³/mol. The monoisotopic (exact) mass is 301 g/mol. The van der Waals surface area contributed by atoms with Gasteiger partial charge in [0.2, 0.25) is 10.0 Å². The van der Waals surface area contributed by atoms with E-state index >= 15 is 0 Å². The molecular formula is C13H23N3O3S. The number of sulfonamides is 1. The van der Waals surface area contributed by atoms with E-state index in [4.69, 9.17) is 4.74 Å². The maximum Gasteiger partial charge on any atom is 0.244 e. The van der Waals surface area contributed by atoms with Crippen LogP contribution in [-0.2, 0) is 14.8 Å². The van der Waals surface area contributed by atoms with Gasteiger partial charge in [-0.25, -0.2) is 13.1 Å². The first-order valence-electron chi connectivity index (χ1n) is 6.80. The van der Waals surface area contributed by atoms with Gasteiger partial charge < -0.3 is 10.1 Å². The maximum absolute atomic E-state index is 12.3. The van der Waals surface area contributed by atoms with Crippen LogP contribution in [0, 0.1) is 0 Å². The van der Waals surface area contributed by atoms with E-state index in [0.717, 1.165) is 6.42 Å². The molecule has 1 rings (SSSR count). The highest BCUT2D eigenvalue weighted by Gasteiger charge is 2.19. The third-order valence-corrected chi connectivity index (χ3v) is 4.10. The SMILES string of the molecule is CCCNc1ccncc1S(=O)(=O)NCC(C)OCC. The molecule has 7 heteroatoms. The summed E-state index contributed by atoms with van der Waals surface area (Å²) < 4.78 is 32.4. The molecule has 0 radical (unpaired) electrons. The van der Waals surface area contributed by atoms with Gasteiger partial charge in [-0.2, -0.15) is 0 Å². The molecule has 1 aromatic rings. The van der Waals surface area contributed by atoms with Crippen molar-refractivity contribution in [1.29, 1.82) is 0 Å². The summed E-state index contributed by atoms with van der Waals surface area (Å²) in [6, 6.07) is 1.66. The molecule has 2 N–H and O–H groups in total. The molecular weight excluding hydrogens is 278 g/mol. The average Bonchev–Trinajstić information content (AvgIpc) is 2.44. The molecule has 0 aliphatic carbocycles. The average molecular weight is 301 g/mol. The number of ether oxygens (including phenoxy) is 1. The summed E-state index contributed by atoms with van der Waals surface area (Å²) in [7, 11) is -3.59. The number of anilines is 1. The Morgan fingerprint density at radius 3 is 2.80 bits per heavy atom. The highest BCUT2D eigenvalue weighted by atomic mass is 32.2. The fourth-order valence-electron chi connectivity index (χ4n) is 1.65.